The molecule has 0 amide bonds. The molecule has 11 heteroatoms. The van der Waals surface area contributed by atoms with Crippen LogP contribution in [0, 0.1) is 29.6 Å². The Kier molecular flexibility index (Phi) is 7.09. The van der Waals surface area contributed by atoms with E-state index in [4.69, 9.17) is 46.4 Å². The van der Waals surface area contributed by atoms with Gasteiger partial charge in [-0.3, -0.25) is 0 Å². The number of aromatic nitrogens is 3. The van der Waals surface area contributed by atoms with Gasteiger partial charge in [0.15, 0.2) is 5.16 Å². The topological polar surface area (TPSA) is 98.5 Å². The van der Waals surface area contributed by atoms with Crippen LogP contribution in [0.25, 0.3) is 0 Å². The summed E-state index contributed by atoms with van der Waals surface area (Å²) >= 11 is 26.9. The van der Waals surface area contributed by atoms with Gasteiger partial charge < -0.3 is 5.11 Å². The van der Waals surface area contributed by atoms with Gasteiger partial charge in [0.2, 0.25) is 0 Å². The number of alkyl halides is 1. The fourth-order valence-electron chi connectivity index (χ4n) is 3.81. The van der Waals surface area contributed by atoms with Gasteiger partial charge in [-0.1, -0.05) is 53.0 Å². The Morgan fingerprint density at radius 3 is 2.44 bits per heavy atom. The van der Waals surface area contributed by atoms with Crippen molar-refractivity contribution >= 4 is 58.2 Å². The third-order valence-electron chi connectivity index (χ3n) is 5.96. The van der Waals surface area contributed by atoms with Crippen molar-refractivity contribution in [3.8, 4) is 12.1 Å². The number of hydrogen-bond donors (Lipinski definition) is 1. The average molecular weight is 553 g/mol. The van der Waals surface area contributed by atoms with Gasteiger partial charge in [-0.2, -0.15) is 15.6 Å². The fraction of sp³-hybridized carbons (Fsp3) is 0.304. The molecule has 1 unspecified atom stereocenters. The molecule has 1 saturated carbocycles. The molecule has 1 aliphatic carbocycles. The largest absolute Gasteiger partial charge is 0.386 e. The monoisotopic (exact) mass is 551 g/mol. The summed E-state index contributed by atoms with van der Waals surface area (Å²) in [5.74, 6) is 0. The van der Waals surface area contributed by atoms with Crippen molar-refractivity contribution in [3.63, 3.8) is 0 Å². The van der Waals surface area contributed by atoms with Crippen molar-refractivity contribution in [2.75, 3.05) is 0 Å². The molecule has 1 aromatic heterocycles. The van der Waals surface area contributed by atoms with Gasteiger partial charge in [0.25, 0.3) is 0 Å². The quantitative estimate of drug-likeness (QED) is 0.351. The number of hydrogen-bond acceptors (Lipinski definition) is 6. The molecule has 1 atom stereocenters. The van der Waals surface area contributed by atoms with Crippen molar-refractivity contribution in [1.29, 1.82) is 10.5 Å². The maximum absolute atomic E-state index is 11.7. The van der Waals surface area contributed by atoms with E-state index in [1.165, 1.54) is 11.0 Å². The average Bonchev–Trinajstić information content (AvgIpc) is 3.43. The SMILES string of the molecule is Cc1c(C#N)c(Cl)c(Cl)c(Sc2ncnn2CC(O)(Cc2ccccc2Cl)C2(Cl)CC2)c1C#N. The summed E-state index contributed by atoms with van der Waals surface area (Å²) in [6.07, 6.45) is 2.89. The van der Waals surface area contributed by atoms with Gasteiger partial charge >= 0.3 is 0 Å². The summed E-state index contributed by atoms with van der Waals surface area (Å²) < 4.78 is 1.53. The lowest BCUT2D eigenvalue weighted by molar-refractivity contribution is 0.00526. The maximum Gasteiger partial charge on any atom is 0.191 e. The molecule has 174 valence electrons. The highest BCUT2D eigenvalue weighted by Gasteiger charge is 2.58. The van der Waals surface area contributed by atoms with Crippen LogP contribution in [0.15, 0.2) is 40.6 Å². The molecular weight excluding hydrogens is 536 g/mol. The highest BCUT2D eigenvalue weighted by molar-refractivity contribution is 7.99. The summed E-state index contributed by atoms with van der Waals surface area (Å²) in [7, 11) is 0. The van der Waals surface area contributed by atoms with Gasteiger partial charge in [0.05, 0.1) is 37.5 Å². The molecule has 0 saturated heterocycles. The molecule has 0 spiro atoms. The van der Waals surface area contributed by atoms with E-state index in [0.29, 0.717) is 33.5 Å². The predicted molar refractivity (Wildman–Crippen MR) is 133 cm³/mol. The van der Waals surface area contributed by atoms with E-state index >= 15 is 0 Å². The van der Waals surface area contributed by atoms with E-state index in [0.717, 1.165) is 17.3 Å². The maximum atomic E-state index is 11.7. The summed E-state index contributed by atoms with van der Waals surface area (Å²) in [6, 6.07) is 11.4. The Bertz CT molecular complexity index is 1360. The number of rotatable bonds is 7. The molecule has 1 N–H and O–H groups in total. The lowest BCUT2D eigenvalue weighted by Gasteiger charge is -2.33. The molecule has 1 aliphatic rings. The molecule has 2 aromatic carbocycles. The van der Waals surface area contributed by atoms with Crippen LogP contribution in [0.2, 0.25) is 15.1 Å². The van der Waals surface area contributed by atoms with E-state index in [2.05, 4.69) is 16.2 Å². The van der Waals surface area contributed by atoms with Gasteiger partial charge in [-0.15, -0.1) is 11.6 Å². The zero-order valence-corrected chi connectivity index (χ0v) is 21.7. The number of nitriles is 2. The smallest absolute Gasteiger partial charge is 0.191 e. The molecule has 34 heavy (non-hydrogen) atoms. The molecular formula is C23H17Cl4N5OS. The van der Waals surface area contributed by atoms with Gasteiger partial charge in [-0.05, 0) is 48.7 Å². The van der Waals surface area contributed by atoms with Crippen molar-refractivity contribution in [2.24, 2.45) is 0 Å². The number of halogens is 4. The van der Waals surface area contributed by atoms with Gasteiger partial charge in [0, 0.05) is 11.4 Å². The van der Waals surface area contributed by atoms with E-state index in [-0.39, 0.29) is 34.1 Å². The van der Waals surface area contributed by atoms with Crippen LogP contribution in [0.4, 0.5) is 0 Å². The van der Waals surface area contributed by atoms with Gasteiger partial charge in [-0.25, -0.2) is 9.67 Å². The third kappa shape index (κ3) is 4.50. The van der Waals surface area contributed by atoms with E-state index in [9.17, 15) is 15.6 Å². The molecule has 1 fully saturated rings. The minimum atomic E-state index is -1.36. The molecule has 0 aliphatic heterocycles. The first-order chi connectivity index (χ1) is 16.1. The van der Waals surface area contributed by atoms with Crippen LogP contribution < -0.4 is 0 Å². The second kappa shape index (κ2) is 9.59. The molecule has 0 bridgehead atoms. The number of benzene rings is 2. The van der Waals surface area contributed by atoms with E-state index in [1.807, 2.05) is 24.3 Å². The Morgan fingerprint density at radius 2 is 1.82 bits per heavy atom. The minimum absolute atomic E-state index is 0.0482. The Morgan fingerprint density at radius 1 is 1.15 bits per heavy atom. The lowest BCUT2D eigenvalue weighted by Crippen LogP contribution is -2.47. The zero-order valence-electron chi connectivity index (χ0n) is 17.8. The number of nitrogens with zero attached hydrogens (tertiary/aromatic N) is 5. The van der Waals surface area contributed by atoms with E-state index < -0.39 is 10.5 Å². The number of aliphatic hydroxyl groups is 1. The van der Waals surface area contributed by atoms with E-state index in [1.54, 1.807) is 13.0 Å². The van der Waals surface area contributed by atoms with Crippen LogP contribution in [0.1, 0.15) is 35.1 Å². The van der Waals surface area contributed by atoms with Crippen molar-refractivity contribution in [2.45, 2.75) is 53.3 Å². The Hall–Kier alpha value is -1.97. The van der Waals surface area contributed by atoms with Crippen LogP contribution in [0.3, 0.4) is 0 Å². The normalized spacial score (nSPS) is 15.9. The summed E-state index contributed by atoms with van der Waals surface area (Å²) in [5.41, 5.74) is 0.231. The van der Waals surface area contributed by atoms with Gasteiger partial charge in [0.1, 0.15) is 24.1 Å². The molecule has 6 nitrogen and oxygen atoms in total. The first-order valence-electron chi connectivity index (χ1n) is 10.2. The second-order valence-corrected chi connectivity index (χ2v) is 11.0. The minimum Gasteiger partial charge on any atom is -0.386 e. The summed E-state index contributed by atoms with van der Waals surface area (Å²) in [4.78, 5) is 3.85. The summed E-state index contributed by atoms with van der Waals surface area (Å²) in [6.45, 7) is 1.69. The predicted octanol–water partition coefficient (Wildman–Crippen LogP) is 6.19. The fourth-order valence-corrected chi connectivity index (χ4v) is 5.87. The van der Waals surface area contributed by atoms with Crippen molar-refractivity contribution in [1.82, 2.24) is 14.8 Å². The highest BCUT2D eigenvalue weighted by atomic mass is 35.5. The third-order valence-corrected chi connectivity index (χ3v) is 9.13. The second-order valence-electron chi connectivity index (χ2n) is 8.12. The molecule has 4 rings (SSSR count). The van der Waals surface area contributed by atoms with Crippen molar-refractivity contribution < 1.29 is 5.11 Å². The molecule has 0 radical (unpaired) electrons. The first-order valence-corrected chi connectivity index (χ1v) is 12.5. The Balaban J connectivity index is 1.71. The lowest BCUT2D eigenvalue weighted by atomic mass is 9.89. The first kappa shape index (κ1) is 25.1. The standard InChI is InChI=1S/C23H17Cl4N5OS/c1-13-15(9-28)18(25)19(26)20(16(13)10-29)34-21-30-12-31-32(21)11-23(33,22(27)6-7-22)8-14-4-2-3-5-17(14)24/h2-5,12,33H,6-8,11H2,1H3. The highest BCUT2D eigenvalue weighted by Crippen LogP contribution is 2.53. The Labute approximate surface area is 221 Å². The zero-order chi connectivity index (χ0) is 24.7. The van der Waals surface area contributed by atoms with Crippen molar-refractivity contribution in [3.05, 3.63) is 67.9 Å². The summed E-state index contributed by atoms with van der Waals surface area (Å²) in [5, 5.41) is 36.3. The van der Waals surface area contributed by atoms with Crippen LogP contribution >= 0.6 is 58.2 Å². The van der Waals surface area contributed by atoms with Crippen LogP contribution in [-0.4, -0.2) is 30.3 Å². The van der Waals surface area contributed by atoms with Crippen LogP contribution in [-0.2, 0) is 13.0 Å². The van der Waals surface area contributed by atoms with Crippen LogP contribution in [0.5, 0.6) is 0 Å². The molecule has 3 aromatic rings. The molecule has 1 heterocycles.